The lowest BCUT2D eigenvalue weighted by atomic mass is 9.97. The van der Waals surface area contributed by atoms with E-state index in [9.17, 15) is 4.39 Å². The molecule has 112 valence electrons. The van der Waals surface area contributed by atoms with Crippen molar-refractivity contribution in [3.8, 4) is 17.0 Å². The van der Waals surface area contributed by atoms with Crippen molar-refractivity contribution >= 4 is 11.2 Å². The molecule has 5 heteroatoms. The molecule has 1 aliphatic carbocycles. The van der Waals surface area contributed by atoms with Gasteiger partial charge in [-0.15, -0.1) is 0 Å². The van der Waals surface area contributed by atoms with Gasteiger partial charge in [-0.25, -0.2) is 14.4 Å². The monoisotopic (exact) mass is 297 g/mol. The van der Waals surface area contributed by atoms with Crippen molar-refractivity contribution in [3.05, 3.63) is 41.5 Å². The molecular weight excluding hydrogens is 281 g/mol. The van der Waals surface area contributed by atoms with Crippen LogP contribution in [-0.4, -0.2) is 22.1 Å². The van der Waals surface area contributed by atoms with Crippen LogP contribution in [0.3, 0.4) is 0 Å². The molecule has 2 aromatic heterocycles. The summed E-state index contributed by atoms with van der Waals surface area (Å²) in [7, 11) is 1.52. The minimum atomic E-state index is -0.350. The number of rotatable bonds is 2. The minimum absolute atomic E-state index is 0.350. The van der Waals surface area contributed by atoms with Gasteiger partial charge in [0, 0.05) is 22.9 Å². The first-order chi connectivity index (χ1) is 10.8. The average Bonchev–Trinajstić information content (AvgIpc) is 2.92. The fraction of sp³-hybridized carbons (Fsp3) is 0.294. The highest BCUT2D eigenvalue weighted by Gasteiger charge is 2.18. The van der Waals surface area contributed by atoms with E-state index >= 15 is 0 Å². The summed E-state index contributed by atoms with van der Waals surface area (Å²) < 4.78 is 19.3. The van der Waals surface area contributed by atoms with Gasteiger partial charge >= 0.3 is 0 Å². The van der Waals surface area contributed by atoms with Crippen molar-refractivity contribution in [2.24, 2.45) is 0 Å². The first-order valence-electron chi connectivity index (χ1n) is 7.46. The Hall–Kier alpha value is -2.43. The molecule has 0 amide bonds. The summed E-state index contributed by atoms with van der Waals surface area (Å²) in [6.45, 7) is 0. The van der Waals surface area contributed by atoms with E-state index in [1.54, 1.807) is 18.3 Å². The molecule has 2 heterocycles. The number of aryl methyl sites for hydroxylation is 2. The summed E-state index contributed by atoms with van der Waals surface area (Å²) >= 11 is 0. The van der Waals surface area contributed by atoms with Gasteiger partial charge in [0.05, 0.1) is 19.0 Å². The second-order valence-electron chi connectivity index (χ2n) is 5.59. The number of aromatic amines is 1. The summed E-state index contributed by atoms with van der Waals surface area (Å²) in [5, 5.41) is 0. The Morgan fingerprint density at radius 1 is 1.23 bits per heavy atom. The zero-order valence-electron chi connectivity index (χ0n) is 12.3. The number of nitrogens with zero attached hydrogens (tertiary/aromatic N) is 2. The Bertz CT molecular complexity index is 856. The van der Waals surface area contributed by atoms with Gasteiger partial charge in [-0.1, -0.05) is 0 Å². The van der Waals surface area contributed by atoms with Gasteiger partial charge in [0.15, 0.2) is 5.65 Å². The predicted octanol–water partition coefficient (Wildman–Crippen LogP) is 3.65. The van der Waals surface area contributed by atoms with Crippen LogP contribution in [0.1, 0.15) is 24.1 Å². The largest absolute Gasteiger partial charge is 0.497 e. The highest BCUT2D eigenvalue weighted by Crippen LogP contribution is 2.30. The molecule has 0 radical (unpaired) electrons. The van der Waals surface area contributed by atoms with E-state index in [1.165, 1.54) is 37.3 Å². The molecule has 4 nitrogen and oxygen atoms in total. The molecule has 0 saturated carbocycles. The van der Waals surface area contributed by atoms with Crippen LogP contribution in [0.5, 0.6) is 5.75 Å². The summed E-state index contributed by atoms with van der Waals surface area (Å²) in [5.74, 6) is 0.145. The number of methoxy groups -OCH3 is 1. The fourth-order valence-corrected chi connectivity index (χ4v) is 3.10. The van der Waals surface area contributed by atoms with Crippen LogP contribution in [0, 0.1) is 5.82 Å². The Kier molecular flexibility index (Phi) is 3.06. The molecule has 0 aliphatic heterocycles. The third-order valence-electron chi connectivity index (χ3n) is 4.25. The Labute approximate surface area is 127 Å². The lowest BCUT2D eigenvalue weighted by molar-refractivity contribution is 0.411. The maximum Gasteiger partial charge on any atom is 0.156 e. The van der Waals surface area contributed by atoms with Crippen LogP contribution >= 0.6 is 0 Å². The zero-order chi connectivity index (χ0) is 15.1. The van der Waals surface area contributed by atoms with Crippen LogP contribution in [-0.2, 0) is 12.8 Å². The number of fused-ring (bicyclic) bond motifs is 3. The topological polar surface area (TPSA) is 50.8 Å². The van der Waals surface area contributed by atoms with Crippen LogP contribution in [0.2, 0.25) is 0 Å². The van der Waals surface area contributed by atoms with Gasteiger partial charge < -0.3 is 9.72 Å². The first-order valence-corrected chi connectivity index (χ1v) is 7.46. The second kappa shape index (κ2) is 5.09. The summed E-state index contributed by atoms with van der Waals surface area (Å²) in [4.78, 5) is 12.4. The number of halogens is 1. The average molecular weight is 297 g/mol. The van der Waals surface area contributed by atoms with E-state index in [4.69, 9.17) is 4.74 Å². The molecule has 3 aromatic rings. The Balaban J connectivity index is 1.85. The molecule has 4 rings (SSSR count). The van der Waals surface area contributed by atoms with Crippen molar-refractivity contribution in [1.82, 2.24) is 15.0 Å². The number of benzene rings is 1. The molecule has 0 fully saturated rings. The number of H-pyrrole nitrogens is 1. The van der Waals surface area contributed by atoms with E-state index in [2.05, 4.69) is 15.0 Å². The van der Waals surface area contributed by atoms with Crippen LogP contribution in [0.15, 0.2) is 24.4 Å². The molecule has 0 bridgehead atoms. The normalized spacial score (nSPS) is 14.1. The maximum absolute atomic E-state index is 14.2. The van der Waals surface area contributed by atoms with Crippen LogP contribution in [0.25, 0.3) is 22.4 Å². The first kappa shape index (κ1) is 13.2. The van der Waals surface area contributed by atoms with E-state index in [-0.39, 0.29) is 5.82 Å². The van der Waals surface area contributed by atoms with Gasteiger partial charge in [-0.05, 0) is 37.8 Å². The summed E-state index contributed by atoms with van der Waals surface area (Å²) in [6.07, 6.45) is 6.04. The van der Waals surface area contributed by atoms with Gasteiger partial charge in [0.1, 0.15) is 17.1 Å². The molecule has 0 unspecified atom stereocenters. The van der Waals surface area contributed by atoms with E-state index in [1.807, 2.05) is 0 Å². The van der Waals surface area contributed by atoms with E-state index < -0.39 is 0 Å². The van der Waals surface area contributed by atoms with E-state index in [0.717, 1.165) is 24.0 Å². The van der Waals surface area contributed by atoms with Gasteiger partial charge in [-0.2, -0.15) is 0 Å². The second-order valence-corrected chi connectivity index (χ2v) is 5.59. The maximum atomic E-state index is 14.2. The predicted molar refractivity (Wildman–Crippen MR) is 82.5 cm³/mol. The minimum Gasteiger partial charge on any atom is -0.497 e. The lowest BCUT2D eigenvalue weighted by Crippen LogP contribution is -2.00. The van der Waals surface area contributed by atoms with Crippen molar-refractivity contribution in [1.29, 1.82) is 0 Å². The molecule has 0 spiro atoms. The van der Waals surface area contributed by atoms with Gasteiger partial charge in [0.25, 0.3) is 0 Å². The van der Waals surface area contributed by atoms with Crippen molar-refractivity contribution in [2.75, 3.05) is 7.11 Å². The number of hydrogen-bond donors (Lipinski definition) is 1. The summed E-state index contributed by atoms with van der Waals surface area (Å²) in [5.41, 5.74) is 5.14. The van der Waals surface area contributed by atoms with Gasteiger partial charge in [0.2, 0.25) is 0 Å². The number of aromatic nitrogens is 3. The third-order valence-corrected chi connectivity index (χ3v) is 4.25. The van der Waals surface area contributed by atoms with Crippen molar-refractivity contribution < 1.29 is 9.13 Å². The summed E-state index contributed by atoms with van der Waals surface area (Å²) in [6, 6.07) is 4.79. The smallest absolute Gasteiger partial charge is 0.156 e. The molecule has 1 aromatic carbocycles. The zero-order valence-corrected chi connectivity index (χ0v) is 12.3. The van der Waals surface area contributed by atoms with E-state index in [0.29, 0.717) is 17.0 Å². The lowest BCUT2D eigenvalue weighted by Gasteiger charge is -2.10. The molecule has 22 heavy (non-hydrogen) atoms. The SMILES string of the molecule is COc1ccc(-c2cnc3[nH]c4c(c3n2)CCCC4)c(F)c1. The number of nitrogens with one attached hydrogen (secondary N) is 1. The highest BCUT2D eigenvalue weighted by atomic mass is 19.1. The Morgan fingerprint density at radius 3 is 2.91 bits per heavy atom. The third kappa shape index (κ3) is 2.04. The molecule has 1 N–H and O–H groups in total. The van der Waals surface area contributed by atoms with Crippen LogP contribution < -0.4 is 4.74 Å². The molecular formula is C17H16FN3O. The number of ether oxygens (including phenoxy) is 1. The van der Waals surface area contributed by atoms with Crippen molar-refractivity contribution in [2.45, 2.75) is 25.7 Å². The Morgan fingerprint density at radius 2 is 2.09 bits per heavy atom. The molecule has 0 saturated heterocycles. The quantitative estimate of drug-likeness (QED) is 0.785. The van der Waals surface area contributed by atoms with Crippen LogP contribution in [0.4, 0.5) is 4.39 Å². The standard InChI is InChI=1S/C17H16FN3O/c1-22-10-6-7-11(13(18)8-10)15-9-19-17-16(20-15)12-4-2-3-5-14(12)21-17/h6-9H,2-5H2,1H3,(H,19,21). The molecule has 1 aliphatic rings. The molecule has 0 atom stereocenters. The number of hydrogen-bond acceptors (Lipinski definition) is 3. The van der Waals surface area contributed by atoms with Crippen molar-refractivity contribution in [3.63, 3.8) is 0 Å². The fourth-order valence-electron chi connectivity index (χ4n) is 3.10. The highest BCUT2D eigenvalue weighted by molar-refractivity contribution is 5.80. The van der Waals surface area contributed by atoms with Gasteiger partial charge in [-0.3, -0.25) is 0 Å².